The van der Waals surface area contributed by atoms with Gasteiger partial charge in [0.05, 0.1) is 11.6 Å². The summed E-state index contributed by atoms with van der Waals surface area (Å²) in [7, 11) is 0. The van der Waals surface area contributed by atoms with Crippen molar-refractivity contribution in [2.24, 2.45) is 0 Å². The monoisotopic (exact) mass is 522 g/mol. The zero-order chi connectivity index (χ0) is 23.3. The quantitative estimate of drug-likeness (QED) is 0.316. The van der Waals surface area contributed by atoms with E-state index in [1.54, 1.807) is 60.9 Å². The molecule has 0 saturated carbocycles. The predicted molar refractivity (Wildman–Crippen MR) is 129 cm³/mol. The summed E-state index contributed by atoms with van der Waals surface area (Å²) in [6.45, 7) is 1.83. The third kappa shape index (κ3) is 3.63. The fourth-order valence-corrected chi connectivity index (χ4v) is 4.59. The minimum absolute atomic E-state index is 0.0289. The molecule has 0 radical (unpaired) electrons. The average molecular weight is 524 g/mol. The summed E-state index contributed by atoms with van der Waals surface area (Å²) >= 11 is 9.62. The summed E-state index contributed by atoms with van der Waals surface area (Å²) in [5, 5.41) is 12.1. The maximum Gasteiger partial charge on any atom is 0.294 e. The predicted octanol–water partition coefficient (Wildman–Crippen LogP) is 6.34. The Hall–Kier alpha value is -3.42. The van der Waals surface area contributed by atoms with Crippen molar-refractivity contribution in [1.82, 2.24) is 4.98 Å². The molecule has 0 spiro atoms. The van der Waals surface area contributed by atoms with E-state index in [-0.39, 0.29) is 11.3 Å². The zero-order valence-corrected chi connectivity index (χ0v) is 19.6. The van der Waals surface area contributed by atoms with Crippen LogP contribution in [0.2, 0.25) is 5.02 Å². The van der Waals surface area contributed by atoms with Gasteiger partial charge in [0, 0.05) is 33.0 Å². The number of furan rings is 1. The second-order valence-electron chi connectivity index (χ2n) is 7.67. The molecule has 2 aromatic heterocycles. The van der Waals surface area contributed by atoms with Crippen LogP contribution in [0.5, 0.6) is 0 Å². The molecule has 4 aromatic rings. The van der Waals surface area contributed by atoms with Crippen LogP contribution in [0.25, 0.3) is 11.0 Å². The van der Waals surface area contributed by atoms with Gasteiger partial charge in [0.1, 0.15) is 5.58 Å². The maximum atomic E-state index is 13.6. The highest BCUT2D eigenvalue weighted by molar-refractivity contribution is 9.10. The van der Waals surface area contributed by atoms with Crippen molar-refractivity contribution in [3.05, 3.63) is 105 Å². The molecule has 0 fully saturated rings. The number of hydrogen-bond donors (Lipinski definition) is 1. The Labute approximate surface area is 202 Å². The molecule has 164 valence electrons. The summed E-state index contributed by atoms with van der Waals surface area (Å²) in [4.78, 5) is 32.3. The third-order valence-corrected chi connectivity index (χ3v) is 6.34. The van der Waals surface area contributed by atoms with Gasteiger partial charge in [-0.1, -0.05) is 33.6 Å². The molecule has 1 aliphatic rings. The number of ketones is 1. The van der Waals surface area contributed by atoms with Crippen molar-refractivity contribution in [3.8, 4) is 0 Å². The zero-order valence-electron chi connectivity index (χ0n) is 17.3. The van der Waals surface area contributed by atoms with Gasteiger partial charge in [-0.2, -0.15) is 0 Å². The van der Waals surface area contributed by atoms with E-state index in [1.165, 1.54) is 4.90 Å². The SMILES string of the molecule is Cc1ccc(Cl)cc1N1C(=O)C(O)=C(C(=O)c2cc3cc(Br)ccc3o2)C1c1ccncc1. The first-order valence-corrected chi connectivity index (χ1v) is 11.2. The fraction of sp³-hybridized carbons (Fsp3) is 0.0800. The topological polar surface area (TPSA) is 83.6 Å². The number of anilines is 1. The second-order valence-corrected chi connectivity index (χ2v) is 9.03. The van der Waals surface area contributed by atoms with Gasteiger partial charge in [-0.3, -0.25) is 19.5 Å². The van der Waals surface area contributed by atoms with E-state index < -0.39 is 23.5 Å². The second kappa shape index (κ2) is 8.17. The van der Waals surface area contributed by atoms with Crippen molar-refractivity contribution in [3.63, 3.8) is 0 Å². The van der Waals surface area contributed by atoms with Crippen molar-refractivity contribution in [2.45, 2.75) is 13.0 Å². The lowest BCUT2D eigenvalue weighted by Crippen LogP contribution is -2.31. The number of hydrogen-bond acceptors (Lipinski definition) is 5. The van der Waals surface area contributed by atoms with Crippen LogP contribution in [0.1, 0.15) is 27.7 Å². The number of aliphatic hydroxyl groups excluding tert-OH is 1. The molecular weight excluding hydrogens is 508 g/mol. The van der Waals surface area contributed by atoms with Crippen LogP contribution in [0.3, 0.4) is 0 Å². The summed E-state index contributed by atoms with van der Waals surface area (Å²) in [5.74, 6) is -1.86. The average Bonchev–Trinajstić information content (AvgIpc) is 3.34. The number of benzene rings is 2. The first-order chi connectivity index (χ1) is 15.8. The highest BCUT2D eigenvalue weighted by atomic mass is 79.9. The standard InChI is InChI=1S/C25H16BrClN2O4/c1-13-2-4-17(27)12-18(13)29-22(14-6-8-28-9-7-14)21(24(31)25(29)32)23(30)20-11-15-10-16(26)3-5-19(15)33-20/h2-12,22,31H,1H3. The Bertz CT molecular complexity index is 1460. The number of pyridine rings is 1. The molecule has 1 aliphatic heterocycles. The highest BCUT2D eigenvalue weighted by Gasteiger charge is 2.45. The summed E-state index contributed by atoms with van der Waals surface area (Å²) in [6.07, 6.45) is 3.14. The molecule has 5 rings (SSSR count). The molecule has 0 bridgehead atoms. The first kappa shape index (κ1) is 21.4. The maximum absolute atomic E-state index is 13.6. The number of nitrogens with zero attached hydrogens (tertiary/aromatic N) is 2. The smallest absolute Gasteiger partial charge is 0.294 e. The van der Waals surface area contributed by atoms with Gasteiger partial charge in [-0.05, 0) is 66.6 Å². The molecule has 1 atom stereocenters. The Morgan fingerprint density at radius 2 is 1.88 bits per heavy atom. The molecule has 1 amide bonds. The third-order valence-electron chi connectivity index (χ3n) is 5.61. The van der Waals surface area contributed by atoms with Crippen LogP contribution in [-0.2, 0) is 4.79 Å². The molecule has 0 aliphatic carbocycles. The number of aromatic nitrogens is 1. The molecular formula is C25H16BrClN2O4. The lowest BCUT2D eigenvalue weighted by Gasteiger charge is -2.28. The number of aryl methyl sites for hydroxylation is 1. The van der Waals surface area contributed by atoms with Crippen LogP contribution in [-0.4, -0.2) is 21.8 Å². The number of rotatable bonds is 4. The van der Waals surface area contributed by atoms with Crippen LogP contribution in [0.15, 0.2) is 87.2 Å². The number of carbonyl (C=O) groups excluding carboxylic acids is 2. The van der Waals surface area contributed by atoms with Crippen LogP contribution in [0, 0.1) is 6.92 Å². The Morgan fingerprint density at radius 1 is 1.12 bits per heavy atom. The van der Waals surface area contributed by atoms with Crippen molar-refractivity contribution in [1.29, 1.82) is 0 Å². The molecule has 3 heterocycles. The van der Waals surface area contributed by atoms with Gasteiger partial charge in [0.25, 0.3) is 5.91 Å². The Morgan fingerprint density at radius 3 is 2.64 bits per heavy atom. The van der Waals surface area contributed by atoms with Crippen LogP contribution >= 0.6 is 27.5 Å². The van der Waals surface area contributed by atoms with Crippen molar-refractivity contribution in [2.75, 3.05) is 4.90 Å². The molecule has 2 aromatic carbocycles. The van der Waals surface area contributed by atoms with E-state index in [0.29, 0.717) is 21.9 Å². The molecule has 33 heavy (non-hydrogen) atoms. The molecule has 6 nitrogen and oxygen atoms in total. The summed E-state index contributed by atoms with van der Waals surface area (Å²) in [5.41, 5.74) is 2.33. The van der Waals surface area contributed by atoms with Gasteiger partial charge >= 0.3 is 0 Å². The van der Waals surface area contributed by atoms with Crippen LogP contribution < -0.4 is 4.90 Å². The van der Waals surface area contributed by atoms with Gasteiger partial charge in [-0.25, -0.2) is 0 Å². The van der Waals surface area contributed by atoms with Gasteiger partial charge in [-0.15, -0.1) is 0 Å². The van der Waals surface area contributed by atoms with E-state index in [4.69, 9.17) is 16.0 Å². The number of fused-ring (bicyclic) bond motifs is 1. The minimum atomic E-state index is -0.884. The van der Waals surface area contributed by atoms with E-state index >= 15 is 0 Å². The van der Waals surface area contributed by atoms with Gasteiger partial charge in [0.2, 0.25) is 5.78 Å². The van der Waals surface area contributed by atoms with Crippen molar-refractivity contribution < 1.29 is 19.1 Å². The van der Waals surface area contributed by atoms with Gasteiger partial charge in [0.15, 0.2) is 11.5 Å². The normalized spacial score (nSPS) is 16.2. The lowest BCUT2D eigenvalue weighted by atomic mass is 9.95. The molecule has 1 unspecified atom stereocenters. The lowest BCUT2D eigenvalue weighted by molar-refractivity contribution is -0.117. The molecule has 1 N–H and O–H groups in total. The number of carbonyl (C=O) groups is 2. The Balaban J connectivity index is 1.68. The molecule has 0 saturated heterocycles. The molecule has 8 heteroatoms. The minimum Gasteiger partial charge on any atom is -0.503 e. The number of halogens is 2. The van der Waals surface area contributed by atoms with E-state index in [0.717, 1.165) is 15.4 Å². The van der Waals surface area contributed by atoms with Crippen molar-refractivity contribution >= 4 is 55.9 Å². The van der Waals surface area contributed by atoms with E-state index in [9.17, 15) is 14.7 Å². The fourth-order valence-electron chi connectivity index (χ4n) is 4.05. The Kier molecular flexibility index (Phi) is 5.31. The largest absolute Gasteiger partial charge is 0.503 e. The highest BCUT2D eigenvalue weighted by Crippen LogP contribution is 2.43. The summed E-state index contributed by atoms with van der Waals surface area (Å²) in [6, 6.07) is 14.6. The summed E-state index contributed by atoms with van der Waals surface area (Å²) < 4.78 is 6.61. The van der Waals surface area contributed by atoms with Gasteiger partial charge < -0.3 is 9.52 Å². The van der Waals surface area contributed by atoms with E-state index in [2.05, 4.69) is 20.9 Å². The first-order valence-electron chi connectivity index (χ1n) is 10.0. The van der Waals surface area contributed by atoms with Crippen LogP contribution in [0.4, 0.5) is 5.69 Å². The number of aliphatic hydroxyl groups is 1. The number of Topliss-reactive ketones (excluding diaryl/α,β-unsaturated/α-hetero) is 1. The van der Waals surface area contributed by atoms with E-state index in [1.807, 2.05) is 13.0 Å². The number of amides is 1.